The van der Waals surface area contributed by atoms with Gasteiger partial charge >= 0.3 is 0 Å². The van der Waals surface area contributed by atoms with Crippen molar-refractivity contribution < 1.29 is 9.53 Å². The molecule has 3 aromatic rings. The molecule has 0 aliphatic heterocycles. The van der Waals surface area contributed by atoms with Crippen LogP contribution in [0.4, 0.5) is 0 Å². The van der Waals surface area contributed by atoms with Crippen molar-refractivity contribution in [2.45, 2.75) is 26.7 Å². The third-order valence-corrected chi connectivity index (χ3v) is 4.42. The van der Waals surface area contributed by atoms with E-state index in [9.17, 15) is 4.79 Å². The van der Waals surface area contributed by atoms with Crippen molar-refractivity contribution in [2.75, 3.05) is 7.05 Å². The minimum Gasteiger partial charge on any atom is -0.471 e. The van der Waals surface area contributed by atoms with E-state index in [0.29, 0.717) is 12.2 Å². The van der Waals surface area contributed by atoms with Gasteiger partial charge in [0.2, 0.25) is 0 Å². The highest BCUT2D eigenvalue weighted by Gasteiger charge is 2.16. The van der Waals surface area contributed by atoms with Gasteiger partial charge in [-0.05, 0) is 43.3 Å². The van der Waals surface area contributed by atoms with Crippen LogP contribution in [0.5, 0.6) is 5.75 Å². The molecule has 3 rings (SSSR count). The molecular formula is C18H20BrN5O2. The molecule has 26 heavy (non-hydrogen) atoms. The number of aromatic nitrogens is 4. The van der Waals surface area contributed by atoms with Gasteiger partial charge in [0, 0.05) is 30.5 Å². The van der Waals surface area contributed by atoms with Crippen molar-refractivity contribution >= 4 is 21.8 Å². The van der Waals surface area contributed by atoms with E-state index >= 15 is 0 Å². The van der Waals surface area contributed by atoms with Gasteiger partial charge < -0.3 is 9.64 Å². The van der Waals surface area contributed by atoms with E-state index < -0.39 is 0 Å². The van der Waals surface area contributed by atoms with E-state index in [1.165, 1.54) is 0 Å². The molecule has 136 valence electrons. The molecule has 0 atom stereocenters. The van der Waals surface area contributed by atoms with Crippen LogP contribution >= 0.6 is 15.9 Å². The molecule has 0 aliphatic carbocycles. The second-order valence-electron chi connectivity index (χ2n) is 5.77. The van der Waals surface area contributed by atoms with Gasteiger partial charge in [-0.1, -0.05) is 15.9 Å². The smallest absolute Gasteiger partial charge is 0.274 e. The fourth-order valence-corrected chi connectivity index (χ4v) is 2.77. The van der Waals surface area contributed by atoms with Gasteiger partial charge in [0.1, 0.15) is 5.75 Å². The number of amides is 1. The van der Waals surface area contributed by atoms with Crippen LogP contribution in [0.3, 0.4) is 0 Å². The molecule has 7 nitrogen and oxygen atoms in total. The lowest BCUT2D eigenvalue weighted by atomic mass is 10.3. The first-order chi connectivity index (χ1) is 12.6. The number of carbonyl (C=O) groups is 1. The van der Waals surface area contributed by atoms with E-state index in [1.807, 2.05) is 41.9 Å². The lowest BCUT2D eigenvalue weighted by Crippen LogP contribution is -2.28. The number of halogens is 1. The largest absolute Gasteiger partial charge is 0.471 e. The average Bonchev–Trinajstić information content (AvgIpc) is 3.29. The summed E-state index contributed by atoms with van der Waals surface area (Å²) in [4.78, 5) is 14.2. The summed E-state index contributed by atoms with van der Waals surface area (Å²) in [7, 11) is 1.76. The monoisotopic (exact) mass is 417 g/mol. The normalized spacial score (nSPS) is 10.7. The minimum absolute atomic E-state index is 0.142. The lowest BCUT2D eigenvalue weighted by Gasteiger charge is -2.16. The van der Waals surface area contributed by atoms with Crippen LogP contribution in [-0.2, 0) is 19.8 Å². The summed E-state index contributed by atoms with van der Waals surface area (Å²) < 4.78 is 10.1. The highest BCUT2D eigenvalue weighted by Crippen LogP contribution is 2.16. The van der Waals surface area contributed by atoms with Gasteiger partial charge in [-0.25, -0.2) is 4.68 Å². The summed E-state index contributed by atoms with van der Waals surface area (Å²) in [6.45, 7) is 3.51. The van der Waals surface area contributed by atoms with E-state index in [-0.39, 0.29) is 12.6 Å². The predicted octanol–water partition coefficient (Wildman–Crippen LogP) is 3.17. The van der Waals surface area contributed by atoms with Crippen LogP contribution in [0.2, 0.25) is 0 Å². The van der Waals surface area contributed by atoms with E-state index in [0.717, 1.165) is 22.5 Å². The van der Waals surface area contributed by atoms with Crippen LogP contribution in [0.25, 0.3) is 0 Å². The summed E-state index contributed by atoms with van der Waals surface area (Å²) in [5, 5.41) is 8.53. The first-order valence-corrected chi connectivity index (χ1v) is 9.04. The van der Waals surface area contributed by atoms with Gasteiger partial charge in [-0.3, -0.25) is 9.48 Å². The molecule has 0 N–H and O–H groups in total. The van der Waals surface area contributed by atoms with Crippen molar-refractivity contribution in [1.29, 1.82) is 0 Å². The number of rotatable bonds is 7. The first-order valence-electron chi connectivity index (χ1n) is 8.25. The van der Waals surface area contributed by atoms with E-state index in [1.54, 1.807) is 35.1 Å². The van der Waals surface area contributed by atoms with Crippen molar-refractivity contribution in [3.05, 3.63) is 64.7 Å². The Kier molecular flexibility index (Phi) is 5.72. The quantitative estimate of drug-likeness (QED) is 0.591. The molecule has 2 aromatic heterocycles. The Morgan fingerprint density at radius 3 is 2.73 bits per heavy atom. The highest BCUT2D eigenvalue weighted by molar-refractivity contribution is 9.10. The van der Waals surface area contributed by atoms with Crippen molar-refractivity contribution in [3.8, 4) is 5.75 Å². The summed E-state index contributed by atoms with van der Waals surface area (Å²) >= 11 is 3.38. The summed E-state index contributed by atoms with van der Waals surface area (Å²) in [6.07, 6.45) is 3.47. The molecule has 0 radical (unpaired) electrons. The SMILES string of the molecule is CCn1nccc1CN(C)C(=O)c1ccn(COc2ccc(Br)cc2)n1. The van der Waals surface area contributed by atoms with E-state index in [4.69, 9.17) is 4.74 Å². The Labute approximate surface area is 160 Å². The molecular weight excluding hydrogens is 398 g/mol. The summed E-state index contributed by atoms with van der Waals surface area (Å²) in [5.41, 5.74) is 1.37. The fraction of sp³-hybridized carbons (Fsp3) is 0.278. The van der Waals surface area contributed by atoms with Gasteiger partial charge in [0.25, 0.3) is 5.91 Å². The Hall–Kier alpha value is -2.61. The van der Waals surface area contributed by atoms with Gasteiger partial charge in [-0.15, -0.1) is 0 Å². The Bertz CT molecular complexity index is 872. The molecule has 2 heterocycles. The summed E-state index contributed by atoms with van der Waals surface area (Å²) in [6, 6.07) is 11.2. The molecule has 0 spiro atoms. The maximum absolute atomic E-state index is 12.6. The molecule has 0 saturated carbocycles. The molecule has 1 aromatic carbocycles. The standard InChI is InChI=1S/C18H20BrN5O2/c1-3-24-15(8-10-20-24)12-22(2)18(25)17-9-11-23(21-17)13-26-16-6-4-14(19)5-7-16/h4-11H,3,12-13H2,1-2H3. The first kappa shape index (κ1) is 18.2. The number of nitrogens with zero attached hydrogens (tertiary/aromatic N) is 5. The Balaban J connectivity index is 1.59. The third kappa shape index (κ3) is 4.32. The lowest BCUT2D eigenvalue weighted by molar-refractivity contribution is 0.0773. The Morgan fingerprint density at radius 1 is 1.23 bits per heavy atom. The molecule has 0 bridgehead atoms. The minimum atomic E-state index is -0.142. The number of hydrogen-bond acceptors (Lipinski definition) is 4. The maximum atomic E-state index is 12.6. The number of aryl methyl sites for hydroxylation is 1. The maximum Gasteiger partial charge on any atom is 0.274 e. The second kappa shape index (κ2) is 8.18. The molecule has 0 unspecified atom stereocenters. The molecule has 0 saturated heterocycles. The molecule has 8 heteroatoms. The number of benzene rings is 1. The summed E-state index contributed by atoms with van der Waals surface area (Å²) in [5.74, 6) is 0.595. The number of hydrogen-bond donors (Lipinski definition) is 0. The molecule has 0 fully saturated rings. The zero-order valence-corrected chi connectivity index (χ0v) is 16.3. The highest BCUT2D eigenvalue weighted by atomic mass is 79.9. The van der Waals surface area contributed by atoms with Crippen molar-refractivity contribution in [2.24, 2.45) is 0 Å². The van der Waals surface area contributed by atoms with Gasteiger partial charge in [-0.2, -0.15) is 10.2 Å². The zero-order valence-electron chi connectivity index (χ0n) is 14.7. The van der Waals surface area contributed by atoms with E-state index in [2.05, 4.69) is 26.1 Å². The Morgan fingerprint density at radius 2 is 2.00 bits per heavy atom. The topological polar surface area (TPSA) is 65.2 Å². The van der Waals surface area contributed by atoms with Gasteiger partial charge in [0.15, 0.2) is 12.4 Å². The van der Waals surface area contributed by atoms with Crippen LogP contribution in [-0.4, -0.2) is 37.4 Å². The molecule has 1 amide bonds. The average molecular weight is 418 g/mol. The zero-order chi connectivity index (χ0) is 18.5. The second-order valence-corrected chi connectivity index (χ2v) is 6.68. The van der Waals surface area contributed by atoms with Crippen molar-refractivity contribution in [3.63, 3.8) is 0 Å². The fourth-order valence-electron chi connectivity index (χ4n) is 2.51. The van der Waals surface area contributed by atoms with Crippen LogP contribution < -0.4 is 4.74 Å². The van der Waals surface area contributed by atoms with Crippen molar-refractivity contribution in [1.82, 2.24) is 24.5 Å². The third-order valence-electron chi connectivity index (χ3n) is 3.89. The van der Waals surface area contributed by atoms with Crippen LogP contribution in [0.1, 0.15) is 23.1 Å². The van der Waals surface area contributed by atoms with Crippen LogP contribution in [0, 0.1) is 0 Å². The van der Waals surface area contributed by atoms with Gasteiger partial charge in [0.05, 0.1) is 12.2 Å². The molecule has 0 aliphatic rings. The number of ether oxygens (including phenoxy) is 1. The van der Waals surface area contributed by atoms with Crippen LogP contribution in [0.15, 0.2) is 53.3 Å². The predicted molar refractivity (Wildman–Crippen MR) is 101 cm³/mol. The number of carbonyl (C=O) groups excluding carboxylic acids is 1.